The number of aryl methyl sites for hydroxylation is 3. The van der Waals surface area contributed by atoms with Gasteiger partial charge in [0, 0.05) is 25.9 Å². The molecule has 0 saturated carbocycles. The van der Waals surface area contributed by atoms with E-state index in [0.29, 0.717) is 16.7 Å². The fourth-order valence-electron chi connectivity index (χ4n) is 4.60. The highest BCUT2D eigenvalue weighted by Gasteiger charge is 2.40. The third kappa shape index (κ3) is 5.67. The molecule has 2 N–H and O–H groups in total. The number of anilines is 1. The molecular formula is C30H30N4O6. The third-order valence-electron chi connectivity index (χ3n) is 6.90. The summed E-state index contributed by atoms with van der Waals surface area (Å²) in [6.45, 7) is 3.66. The van der Waals surface area contributed by atoms with Gasteiger partial charge in [-0.25, -0.2) is 14.4 Å². The number of carbonyl (C=O) groups excluding carboxylic acids is 2. The fraction of sp³-hybridized carbons (Fsp3) is 0.267. The molecule has 1 aliphatic heterocycles. The molecule has 10 nitrogen and oxygen atoms in total. The predicted molar refractivity (Wildman–Crippen MR) is 148 cm³/mol. The van der Waals surface area contributed by atoms with Crippen molar-refractivity contribution in [3.05, 3.63) is 106 Å². The van der Waals surface area contributed by atoms with Crippen LogP contribution in [0.1, 0.15) is 44.5 Å². The Hall–Kier alpha value is -4.70. The van der Waals surface area contributed by atoms with Gasteiger partial charge in [-0.1, -0.05) is 35.4 Å². The van der Waals surface area contributed by atoms with Gasteiger partial charge in [0.1, 0.15) is 30.9 Å². The van der Waals surface area contributed by atoms with E-state index in [2.05, 4.69) is 4.98 Å². The van der Waals surface area contributed by atoms with Gasteiger partial charge in [0.05, 0.1) is 22.4 Å². The SMILES string of the molecule is Cc1ccc(C(=O)OC[C@H]2O[C@@H](n3cc(-c4cccn4C)c(N)nc3=O)C[C@@H]2OC(=O)c2ccc(C)cc2)cc1. The van der Waals surface area contributed by atoms with Gasteiger partial charge >= 0.3 is 17.6 Å². The Kier molecular flexibility index (Phi) is 7.52. The molecule has 2 aromatic carbocycles. The maximum Gasteiger partial charge on any atom is 0.351 e. The monoisotopic (exact) mass is 542 g/mol. The number of rotatable bonds is 7. The zero-order valence-electron chi connectivity index (χ0n) is 22.4. The van der Waals surface area contributed by atoms with E-state index in [0.717, 1.165) is 16.8 Å². The predicted octanol–water partition coefficient (Wildman–Crippen LogP) is 3.82. The van der Waals surface area contributed by atoms with E-state index >= 15 is 0 Å². The van der Waals surface area contributed by atoms with Crippen molar-refractivity contribution in [3.8, 4) is 11.3 Å². The highest BCUT2D eigenvalue weighted by Crippen LogP contribution is 2.33. The van der Waals surface area contributed by atoms with Crippen LogP contribution < -0.4 is 11.4 Å². The molecule has 2 aromatic heterocycles. The minimum Gasteiger partial charge on any atom is -0.459 e. The van der Waals surface area contributed by atoms with Crippen molar-refractivity contribution in [2.75, 3.05) is 12.3 Å². The first-order valence-electron chi connectivity index (χ1n) is 12.9. The van der Waals surface area contributed by atoms with E-state index in [1.165, 1.54) is 4.57 Å². The first-order chi connectivity index (χ1) is 19.2. The van der Waals surface area contributed by atoms with Crippen molar-refractivity contribution in [2.45, 2.75) is 38.7 Å². The molecule has 3 atom stereocenters. The van der Waals surface area contributed by atoms with E-state index in [4.69, 9.17) is 19.9 Å². The van der Waals surface area contributed by atoms with Gasteiger partial charge in [-0.15, -0.1) is 0 Å². The van der Waals surface area contributed by atoms with E-state index in [1.54, 1.807) is 30.5 Å². The number of hydrogen-bond donors (Lipinski definition) is 1. The molecule has 0 bridgehead atoms. The quantitative estimate of drug-likeness (QED) is 0.349. The van der Waals surface area contributed by atoms with Gasteiger partial charge in [0.2, 0.25) is 0 Å². The average molecular weight is 543 g/mol. The van der Waals surface area contributed by atoms with Gasteiger partial charge in [-0.05, 0) is 50.2 Å². The van der Waals surface area contributed by atoms with Crippen molar-refractivity contribution in [1.82, 2.24) is 14.1 Å². The molecule has 1 saturated heterocycles. The molecule has 1 fully saturated rings. The largest absolute Gasteiger partial charge is 0.459 e. The van der Waals surface area contributed by atoms with Crippen molar-refractivity contribution < 1.29 is 23.8 Å². The van der Waals surface area contributed by atoms with Gasteiger partial charge in [-0.3, -0.25) is 4.57 Å². The number of aromatic nitrogens is 3. The molecule has 5 rings (SSSR count). The van der Waals surface area contributed by atoms with Gasteiger partial charge in [-0.2, -0.15) is 4.98 Å². The van der Waals surface area contributed by atoms with E-state index < -0.39 is 36.1 Å². The summed E-state index contributed by atoms with van der Waals surface area (Å²) in [5.41, 5.74) is 9.58. The van der Waals surface area contributed by atoms with Crippen molar-refractivity contribution in [1.29, 1.82) is 0 Å². The number of nitrogen functional groups attached to an aromatic ring is 1. The fourth-order valence-corrected chi connectivity index (χ4v) is 4.60. The maximum absolute atomic E-state index is 13.0. The Morgan fingerprint density at radius 2 is 1.62 bits per heavy atom. The standard InChI is InChI=1S/C30H30N4O6/c1-18-6-10-20(11-7-18)28(35)38-17-25-24(40-29(36)21-12-8-19(2)9-13-21)15-26(39-25)34-16-22(27(31)32-30(34)37)23-5-4-14-33(23)3/h4-14,16,24-26H,15,17H2,1-3H3,(H2,31,32,37)/t24-,25+,26+/m0/s1. The molecule has 0 unspecified atom stereocenters. The van der Waals surface area contributed by atoms with E-state index in [1.807, 2.05) is 68.1 Å². The average Bonchev–Trinajstić information content (AvgIpc) is 3.53. The molecule has 0 radical (unpaired) electrons. The van der Waals surface area contributed by atoms with E-state index in [-0.39, 0.29) is 18.8 Å². The molecule has 1 aliphatic rings. The summed E-state index contributed by atoms with van der Waals surface area (Å²) in [6, 6.07) is 17.7. The molecule has 3 heterocycles. The second-order valence-corrected chi connectivity index (χ2v) is 9.87. The Bertz CT molecular complexity index is 1590. The number of nitrogens with zero attached hydrogens (tertiary/aromatic N) is 3. The van der Waals surface area contributed by atoms with Crippen LogP contribution in [0, 0.1) is 13.8 Å². The molecule has 0 spiro atoms. The van der Waals surface area contributed by atoms with Crippen LogP contribution in [-0.4, -0.2) is 44.9 Å². The van der Waals surface area contributed by atoms with Crippen LogP contribution >= 0.6 is 0 Å². The highest BCUT2D eigenvalue weighted by atomic mass is 16.6. The number of esters is 2. The zero-order valence-corrected chi connectivity index (χ0v) is 22.4. The lowest BCUT2D eigenvalue weighted by Gasteiger charge is -2.19. The van der Waals surface area contributed by atoms with Crippen molar-refractivity contribution >= 4 is 17.8 Å². The molecule has 40 heavy (non-hydrogen) atoms. The first-order valence-corrected chi connectivity index (χ1v) is 12.9. The Morgan fingerprint density at radius 3 is 2.23 bits per heavy atom. The van der Waals surface area contributed by atoms with Crippen molar-refractivity contribution in [3.63, 3.8) is 0 Å². The van der Waals surface area contributed by atoms with Crippen molar-refractivity contribution in [2.24, 2.45) is 7.05 Å². The summed E-state index contributed by atoms with van der Waals surface area (Å²) in [4.78, 5) is 42.5. The molecule has 0 amide bonds. The molecule has 4 aromatic rings. The second kappa shape index (κ2) is 11.2. The minimum atomic E-state index is -0.835. The van der Waals surface area contributed by atoms with Crippen LogP contribution in [0.3, 0.4) is 0 Å². The van der Waals surface area contributed by atoms with Crippen LogP contribution in [0.25, 0.3) is 11.3 Å². The first kappa shape index (κ1) is 26.9. The van der Waals surface area contributed by atoms with Crippen LogP contribution in [-0.2, 0) is 21.3 Å². The van der Waals surface area contributed by atoms with Gasteiger partial charge in [0.25, 0.3) is 0 Å². The smallest absolute Gasteiger partial charge is 0.351 e. The number of ether oxygens (including phenoxy) is 3. The maximum atomic E-state index is 13.0. The van der Waals surface area contributed by atoms with Crippen LogP contribution in [0.5, 0.6) is 0 Å². The van der Waals surface area contributed by atoms with Crippen LogP contribution in [0.2, 0.25) is 0 Å². The summed E-state index contributed by atoms with van der Waals surface area (Å²) in [6.07, 6.45) is 1.13. The lowest BCUT2D eigenvalue weighted by Crippen LogP contribution is -2.32. The summed E-state index contributed by atoms with van der Waals surface area (Å²) >= 11 is 0. The van der Waals surface area contributed by atoms with Gasteiger partial charge in [0.15, 0.2) is 0 Å². The number of nitrogens with two attached hydrogens (primary N) is 1. The van der Waals surface area contributed by atoms with Crippen LogP contribution in [0.15, 0.2) is 77.9 Å². The van der Waals surface area contributed by atoms with E-state index in [9.17, 15) is 14.4 Å². The Balaban J connectivity index is 1.40. The highest BCUT2D eigenvalue weighted by molar-refractivity contribution is 5.90. The number of carbonyl (C=O) groups is 2. The molecular weight excluding hydrogens is 512 g/mol. The minimum absolute atomic E-state index is 0.0898. The third-order valence-corrected chi connectivity index (χ3v) is 6.90. The Labute approximate surface area is 230 Å². The number of hydrogen-bond acceptors (Lipinski definition) is 8. The summed E-state index contributed by atoms with van der Waals surface area (Å²) in [7, 11) is 1.86. The lowest BCUT2D eigenvalue weighted by atomic mass is 10.1. The molecule has 10 heteroatoms. The Morgan fingerprint density at radius 1 is 1.00 bits per heavy atom. The topological polar surface area (TPSA) is 128 Å². The normalized spacial score (nSPS) is 18.4. The van der Waals surface area contributed by atoms with Crippen LogP contribution in [0.4, 0.5) is 5.82 Å². The zero-order chi connectivity index (χ0) is 28.4. The summed E-state index contributed by atoms with van der Waals surface area (Å²) in [5.74, 6) is -0.990. The summed E-state index contributed by atoms with van der Waals surface area (Å²) < 4.78 is 20.7. The second-order valence-electron chi connectivity index (χ2n) is 9.87. The molecule has 206 valence electrons. The van der Waals surface area contributed by atoms with Gasteiger partial charge < -0.3 is 24.5 Å². The molecule has 0 aliphatic carbocycles. The lowest BCUT2D eigenvalue weighted by molar-refractivity contribution is -0.0581. The number of benzene rings is 2. The summed E-state index contributed by atoms with van der Waals surface area (Å²) in [5, 5.41) is 0.